The molecule has 2 atom stereocenters. The van der Waals surface area contributed by atoms with E-state index >= 15 is 0 Å². The summed E-state index contributed by atoms with van der Waals surface area (Å²) in [7, 11) is 4.60. The highest BCUT2D eigenvalue weighted by molar-refractivity contribution is 5.92. The minimum absolute atomic E-state index is 0.0438. The quantitative estimate of drug-likeness (QED) is 0.761. The molecule has 25 heavy (non-hydrogen) atoms. The Morgan fingerprint density at radius 1 is 1.20 bits per heavy atom. The molecule has 1 fully saturated rings. The number of benzene rings is 1. The molecule has 0 aliphatic carbocycles. The van der Waals surface area contributed by atoms with Gasteiger partial charge in [-0.3, -0.25) is 9.59 Å². The number of methoxy groups -OCH3 is 3. The van der Waals surface area contributed by atoms with Gasteiger partial charge >= 0.3 is 0 Å². The van der Waals surface area contributed by atoms with Crippen molar-refractivity contribution in [3.63, 3.8) is 0 Å². The van der Waals surface area contributed by atoms with E-state index in [0.717, 1.165) is 12.0 Å². The van der Waals surface area contributed by atoms with Crippen LogP contribution in [0.3, 0.4) is 0 Å². The van der Waals surface area contributed by atoms with E-state index < -0.39 is 0 Å². The molecule has 1 aromatic rings. The molecule has 136 valence electrons. The molecule has 2 amide bonds. The minimum Gasteiger partial charge on any atom is -0.493 e. The summed E-state index contributed by atoms with van der Waals surface area (Å²) in [5.74, 6) is 1.23. The number of piperidine rings is 1. The monoisotopic (exact) mass is 348 g/mol. The van der Waals surface area contributed by atoms with Gasteiger partial charge in [0.15, 0.2) is 11.5 Å². The zero-order valence-electron chi connectivity index (χ0n) is 14.9. The molecule has 7 nitrogen and oxygen atoms in total. The van der Waals surface area contributed by atoms with Crippen LogP contribution < -0.4 is 24.8 Å². The summed E-state index contributed by atoms with van der Waals surface area (Å²) in [6.45, 7) is 1.92. The number of carbonyl (C=O) groups is 2. The molecule has 2 unspecified atom stereocenters. The Hall–Kier alpha value is -2.70. The Morgan fingerprint density at radius 3 is 2.36 bits per heavy atom. The number of rotatable bonds is 6. The summed E-state index contributed by atoms with van der Waals surface area (Å²) in [5.41, 5.74) is 0.736. The lowest BCUT2D eigenvalue weighted by Gasteiger charge is -2.27. The van der Waals surface area contributed by atoms with Crippen molar-refractivity contribution < 1.29 is 23.8 Å². The summed E-state index contributed by atoms with van der Waals surface area (Å²) < 4.78 is 15.8. The van der Waals surface area contributed by atoms with Crippen molar-refractivity contribution in [1.29, 1.82) is 0 Å². The Morgan fingerprint density at radius 2 is 1.84 bits per heavy atom. The van der Waals surface area contributed by atoms with E-state index in [0.29, 0.717) is 23.7 Å². The molecule has 1 aromatic carbocycles. The van der Waals surface area contributed by atoms with Crippen molar-refractivity contribution >= 4 is 17.9 Å². The van der Waals surface area contributed by atoms with Crippen LogP contribution in [0, 0.1) is 0 Å². The second-order valence-electron chi connectivity index (χ2n) is 5.91. The van der Waals surface area contributed by atoms with Crippen LogP contribution in [0.5, 0.6) is 17.2 Å². The summed E-state index contributed by atoms with van der Waals surface area (Å²) in [6, 6.07) is 3.41. The van der Waals surface area contributed by atoms with Gasteiger partial charge in [-0.2, -0.15) is 0 Å². The van der Waals surface area contributed by atoms with E-state index in [4.69, 9.17) is 14.2 Å². The van der Waals surface area contributed by atoms with Crippen LogP contribution in [0.25, 0.3) is 6.08 Å². The Kier molecular flexibility index (Phi) is 6.27. The number of nitrogens with one attached hydrogen (secondary N) is 2. The van der Waals surface area contributed by atoms with Crippen LogP contribution in [0.15, 0.2) is 18.2 Å². The highest BCUT2D eigenvalue weighted by atomic mass is 16.5. The van der Waals surface area contributed by atoms with E-state index in [1.165, 1.54) is 27.4 Å². The van der Waals surface area contributed by atoms with Crippen molar-refractivity contribution in [3.05, 3.63) is 23.8 Å². The highest BCUT2D eigenvalue weighted by Gasteiger charge is 2.24. The number of carbonyl (C=O) groups excluding carboxylic acids is 2. The largest absolute Gasteiger partial charge is 0.493 e. The first-order valence-corrected chi connectivity index (χ1v) is 8.04. The lowest BCUT2D eigenvalue weighted by Crippen LogP contribution is -2.49. The van der Waals surface area contributed by atoms with Gasteiger partial charge in [0.2, 0.25) is 17.6 Å². The van der Waals surface area contributed by atoms with Gasteiger partial charge in [-0.1, -0.05) is 0 Å². The molecule has 2 rings (SSSR count). The SMILES string of the molecule is COc1cc(C=CC(=O)NC2CC(=O)NC(C)C2)cc(OC)c1OC. The molecule has 0 spiro atoms. The van der Waals surface area contributed by atoms with Crippen LogP contribution in [-0.4, -0.2) is 45.2 Å². The number of hydrogen-bond donors (Lipinski definition) is 2. The normalized spacial score (nSPS) is 20.1. The summed E-state index contributed by atoms with van der Waals surface area (Å²) in [4.78, 5) is 23.6. The van der Waals surface area contributed by atoms with Gasteiger partial charge in [-0.25, -0.2) is 0 Å². The van der Waals surface area contributed by atoms with Crippen molar-refractivity contribution in [2.24, 2.45) is 0 Å². The molecule has 1 aliphatic rings. The fourth-order valence-corrected chi connectivity index (χ4v) is 2.86. The van der Waals surface area contributed by atoms with E-state index in [9.17, 15) is 9.59 Å². The van der Waals surface area contributed by atoms with E-state index in [-0.39, 0.29) is 23.9 Å². The maximum Gasteiger partial charge on any atom is 0.244 e. The molecule has 0 radical (unpaired) electrons. The zero-order valence-corrected chi connectivity index (χ0v) is 14.9. The molecule has 2 N–H and O–H groups in total. The second-order valence-corrected chi connectivity index (χ2v) is 5.91. The lowest BCUT2D eigenvalue weighted by molar-refractivity contribution is -0.124. The predicted molar refractivity (Wildman–Crippen MR) is 93.9 cm³/mol. The topological polar surface area (TPSA) is 85.9 Å². The van der Waals surface area contributed by atoms with Gasteiger partial charge in [-0.15, -0.1) is 0 Å². The summed E-state index contributed by atoms with van der Waals surface area (Å²) in [5, 5.41) is 5.68. The van der Waals surface area contributed by atoms with Crippen molar-refractivity contribution in [2.45, 2.75) is 31.8 Å². The maximum absolute atomic E-state index is 12.1. The first kappa shape index (κ1) is 18.6. The van der Waals surface area contributed by atoms with Crippen LogP contribution in [0.4, 0.5) is 0 Å². The number of ether oxygens (including phenoxy) is 3. The van der Waals surface area contributed by atoms with E-state index in [1.807, 2.05) is 6.92 Å². The zero-order chi connectivity index (χ0) is 18.4. The fourth-order valence-electron chi connectivity index (χ4n) is 2.86. The first-order valence-electron chi connectivity index (χ1n) is 8.04. The van der Waals surface area contributed by atoms with Gasteiger partial charge in [0, 0.05) is 24.6 Å². The molecule has 0 aromatic heterocycles. The third kappa shape index (κ3) is 4.89. The smallest absolute Gasteiger partial charge is 0.244 e. The van der Waals surface area contributed by atoms with Gasteiger partial charge in [-0.05, 0) is 37.1 Å². The Balaban J connectivity index is 2.07. The van der Waals surface area contributed by atoms with Crippen LogP contribution in [0.1, 0.15) is 25.3 Å². The molecule has 0 saturated carbocycles. The van der Waals surface area contributed by atoms with Crippen molar-refractivity contribution in [3.8, 4) is 17.2 Å². The number of amides is 2. The van der Waals surface area contributed by atoms with Crippen LogP contribution >= 0.6 is 0 Å². The predicted octanol–water partition coefficient (Wildman–Crippen LogP) is 1.51. The van der Waals surface area contributed by atoms with E-state index in [1.54, 1.807) is 18.2 Å². The molecule has 1 saturated heterocycles. The average Bonchev–Trinajstić information content (AvgIpc) is 2.57. The third-order valence-electron chi connectivity index (χ3n) is 3.94. The van der Waals surface area contributed by atoms with Gasteiger partial charge in [0.1, 0.15) is 0 Å². The lowest BCUT2D eigenvalue weighted by atomic mass is 10.00. The van der Waals surface area contributed by atoms with Crippen molar-refractivity contribution in [2.75, 3.05) is 21.3 Å². The van der Waals surface area contributed by atoms with Crippen molar-refractivity contribution in [1.82, 2.24) is 10.6 Å². The standard InChI is InChI=1S/C18H24N2O5/c1-11-7-13(10-17(22)19-11)20-16(21)6-5-12-8-14(23-2)18(25-4)15(9-12)24-3/h5-6,8-9,11,13H,7,10H2,1-4H3,(H,19,22)(H,20,21). The summed E-state index contributed by atoms with van der Waals surface area (Å²) >= 11 is 0. The maximum atomic E-state index is 12.1. The molecule has 1 heterocycles. The average molecular weight is 348 g/mol. The van der Waals surface area contributed by atoms with Gasteiger partial charge in [0.25, 0.3) is 0 Å². The molecular formula is C18H24N2O5. The molecule has 1 aliphatic heterocycles. The molecule has 7 heteroatoms. The minimum atomic E-state index is -0.249. The Labute approximate surface area is 147 Å². The van der Waals surface area contributed by atoms with E-state index in [2.05, 4.69) is 10.6 Å². The van der Waals surface area contributed by atoms with Crippen LogP contribution in [0.2, 0.25) is 0 Å². The highest BCUT2D eigenvalue weighted by Crippen LogP contribution is 2.38. The third-order valence-corrected chi connectivity index (χ3v) is 3.94. The first-order chi connectivity index (χ1) is 12.0. The van der Waals surface area contributed by atoms with Gasteiger partial charge in [0.05, 0.1) is 21.3 Å². The fraction of sp³-hybridized carbons (Fsp3) is 0.444. The second kappa shape index (κ2) is 8.41. The van der Waals surface area contributed by atoms with Gasteiger partial charge < -0.3 is 24.8 Å². The number of hydrogen-bond acceptors (Lipinski definition) is 5. The molecule has 0 bridgehead atoms. The molecular weight excluding hydrogens is 324 g/mol. The summed E-state index contributed by atoms with van der Waals surface area (Å²) in [6.07, 6.45) is 4.10. The Bertz CT molecular complexity index is 646. The van der Waals surface area contributed by atoms with Crippen LogP contribution in [-0.2, 0) is 9.59 Å².